The van der Waals surface area contributed by atoms with Crippen LogP contribution in [-0.2, 0) is 6.42 Å². The van der Waals surface area contributed by atoms with Gasteiger partial charge in [0.25, 0.3) is 0 Å². The fourth-order valence-corrected chi connectivity index (χ4v) is 3.29. The van der Waals surface area contributed by atoms with Gasteiger partial charge >= 0.3 is 0 Å². The van der Waals surface area contributed by atoms with Gasteiger partial charge in [0.05, 0.1) is 10.9 Å². The summed E-state index contributed by atoms with van der Waals surface area (Å²) in [5.74, 6) is 0.745. The molecule has 0 aliphatic carbocycles. The zero-order valence-corrected chi connectivity index (χ0v) is 17.0. The van der Waals surface area contributed by atoms with E-state index in [2.05, 4.69) is 19.1 Å². The lowest BCUT2D eigenvalue weighted by Gasteiger charge is -2.11. The van der Waals surface area contributed by atoms with E-state index < -0.39 is 0 Å². The van der Waals surface area contributed by atoms with E-state index in [0.717, 1.165) is 18.4 Å². The van der Waals surface area contributed by atoms with Gasteiger partial charge in [0.15, 0.2) is 0 Å². The Morgan fingerprint density at radius 1 is 1.00 bits per heavy atom. The minimum absolute atomic E-state index is 0.0538. The Labute approximate surface area is 170 Å². The average Bonchev–Trinajstić information content (AvgIpc) is 2.69. The largest absolute Gasteiger partial charge is 0.508 e. The number of phenols is 2. The molecular formula is C25H26O4. The number of fused-ring (bicyclic) bond motifs is 1. The summed E-state index contributed by atoms with van der Waals surface area (Å²) in [5.41, 5.74) is 3.84. The fourth-order valence-electron chi connectivity index (χ4n) is 3.29. The smallest absolute Gasteiger partial charge is 0.200 e. The summed E-state index contributed by atoms with van der Waals surface area (Å²) >= 11 is 0. The first-order chi connectivity index (χ1) is 13.9. The maximum Gasteiger partial charge on any atom is 0.200 e. The van der Waals surface area contributed by atoms with Crippen molar-refractivity contribution in [3.05, 3.63) is 81.7 Å². The molecule has 4 heteroatoms. The first-order valence-corrected chi connectivity index (χ1v) is 9.74. The van der Waals surface area contributed by atoms with Crippen LogP contribution in [0.1, 0.15) is 39.4 Å². The fraction of sp³-hybridized carbons (Fsp3) is 0.240. The summed E-state index contributed by atoms with van der Waals surface area (Å²) in [6.45, 7) is 6.17. The van der Waals surface area contributed by atoms with Crippen LogP contribution in [0, 0.1) is 0 Å². The molecule has 2 N–H and O–H groups in total. The molecule has 4 nitrogen and oxygen atoms in total. The quantitative estimate of drug-likeness (QED) is 0.498. The van der Waals surface area contributed by atoms with Gasteiger partial charge in [-0.05, 0) is 63.4 Å². The van der Waals surface area contributed by atoms with E-state index in [-0.39, 0.29) is 16.9 Å². The van der Waals surface area contributed by atoms with Crippen molar-refractivity contribution in [1.29, 1.82) is 0 Å². The van der Waals surface area contributed by atoms with Crippen LogP contribution in [-0.4, -0.2) is 10.2 Å². The van der Waals surface area contributed by atoms with Crippen molar-refractivity contribution < 1.29 is 14.6 Å². The first kappa shape index (κ1) is 20.5. The highest BCUT2D eigenvalue weighted by molar-refractivity contribution is 5.84. The number of benzene rings is 2. The van der Waals surface area contributed by atoms with Crippen LogP contribution in [0.3, 0.4) is 0 Å². The van der Waals surface area contributed by atoms with Crippen LogP contribution in [0.2, 0.25) is 0 Å². The van der Waals surface area contributed by atoms with E-state index in [1.165, 1.54) is 17.7 Å². The van der Waals surface area contributed by atoms with Crippen molar-refractivity contribution in [3.63, 3.8) is 0 Å². The number of aromatic hydroxyl groups is 2. The van der Waals surface area contributed by atoms with Gasteiger partial charge in [-0.15, -0.1) is 0 Å². The minimum atomic E-state index is -0.149. The first-order valence-electron chi connectivity index (χ1n) is 9.74. The summed E-state index contributed by atoms with van der Waals surface area (Å²) in [6.07, 6.45) is 6.69. The summed E-state index contributed by atoms with van der Waals surface area (Å²) in [6, 6.07) is 11.1. The van der Waals surface area contributed by atoms with Crippen LogP contribution in [0.15, 0.2) is 75.0 Å². The van der Waals surface area contributed by atoms with Crippen molar-refractivity contribution in [1.82, 2.24) is 0 Å². The Hall–Kier alpha value is -3.27. The molecule has 0 unspecified atom stereocenters. The molecule has 0 atom stereocenters. The third-order valence-corrected chi connectivity index (χ3v) is 5.07. The molecule has 0 spiro atoms. The third-order valence-electron chi connectivity index (χ3n) is 5.07. The standard InChI is InChI=1S/C25H26O4/c1-4-16(2)6-5-7-17(3)14-23-24(18-8-10-19(26)11-9-18)25(28)21-13-12-20(27)15-22(21)29-23/h4,7-13,15,26-27H,5-6,14H2,1-3H3/b16-4+,17-7+. The van der Waals surface area contributed by atoms with E-state index in [4.69, 9.17) is 4.42 Å². The van der Waals surface area contributed by atoms with Crippen molar-refractivity contribution in [3.8, 4) is 22.6 Å². The molecule has 3 rings (SSSR count). The maximum absolute atomic E-state index is 13.2. The highest BCUT2D eigenvalue weighted by Crippen LogP contribution is 2.29. The molecule has 0 bridgehead atoms. The van der Waals surface area contributed by atoms with E-state index in [1.54, 1.807) is 30.3 Å². The second kappa shape index (κ2) is 8.82. The van der Waals surface area contributed by atoms with E-state index in [9.17, 15) is 15.0 Å². The summed E-state index contributed by atoms with van der Waals surface area (Å²) in [4.78, 5) is 13.2. The van der Waals surface area contributed by atoms with Crippen molar-refractivity contribution in [2.24, 2.45) is 0 Å². The predicted octanol–water partition coefficient (Wildman–Crippen LogP) is 6.11. The molecule has 1 aromatic heterocycles. The normalized spacial score (nSPS) is 12.5. The topological polar surface area (TPSA) is 70.7 Å². The number of rotatable bonds is 6. The Balaban J connectivity index is 2.08. The van der Waals surface area contributed by atoms with E-state index in [1.807, 2.05) is 13.8 Å². The van der Waals surface area contributed by atoms with Gasteiger partial charge in [-0.3, -0.25) is 4.79 Å². The van der Waals surface area contributed by atoms with Crippen molar-refractivity contribution in [2.45, 2.75) is 40.0 Å². The Kier molecular flexibility index (Phi) is 6.23. The van der Waals surface area contributed by atoms with Gasteiger partial charge in [-0.25, -0.2) is 0 Å². The lowest BCUT2D eigenvalue weighted by atomic mass is 9.98. The highest BCUT2D eigenvalue weighted by atomic mass is 16.3. The molecule has 0 amide bonds. The molecule has 0 saturated carbocycles. The Morgan fingerprint density at radius 3 is 2.38 bits per heavy atom. The summed E-state index contributed by atoms with van der Waals surface area (Å²) in [7, 11) is 0. The molecule has 1 heterocycles. The van der Waals surface area contributed by atoms with Gasteiger partial charge in [0.1, 0.15) is 22.8 Å². The van der Waals surface area contributed by atoms with Gasteiger partial charge < -0.3 is 14.6 Å². The molecule has 2 aromatic carbocycles. The molecule has 0 aliphatic heterocycles. The third kappa shape index (κ3) is 4.77. The Morgan fingerprint density at radius 2 is 1.69 bits per heavy atom. The van der Waals surface area contributed by atoms with Crippen LogP contribution >= 0.6 is 0 Å². The zero-order valence-electron chi connectivity index (χ0n) is 17.0. The van der Waals surface area contributed by atoms with Gasteiger partial charge in [0, 0.05) is 12.5 Å². The molecule has 0 saturated heterocycles. The zero-order chi connectivity index (χ0) is 21.0. The van der Waals surface area contributed by atoms with E-state index >= 15 is 0 Å². The molecule has 0 radical (unpaired) electrons. The van der Waals surface area contributed by atoms with Gasteiger partial charge in [0.2, 0.25) is 5.43 Å². The van der Waals surface area contributed by atoms with Crippen LogP contribution < -0.4 is 5.43 Å². The molecule has 29 heavy (non-hydrogen) atoms. The van der Waals surface area contributed by atoms with Crippen LogP contribution in [0.4, 0.5) is 0 Å². The summed E-state index contributed by atoms with van der Waals surface area (Å²) < 4.78 is 6.08. The second-order valence-corrected chi connectivity index (χ2v) is 7.36. The SMILES string of the molecule is C/C=C(\C)CC/C=C(\C)Cc1oc2cc(O)ccc2c(=O)c1-c1ccc(O)cc1. The Bertz CT molecular complexity index is 1130. The number of hydrogen-bond acceptors (Lipinski definition) is 4. The predicted molar refractivity (Wildman–Crippen MR) is 117 cm³/mol. The monoisotopic (exact) mass is 390 g/mol. The summed E-state index contributed by atoms with van der Waals surface area (Å²) in [5, 5.41) is 19.8. The van der Waals surface area contributed by atoms with Crippen molar-refractivity contribution >= 4 is 11.0 Å². The minimum Gasteiger partial charge on any atom is -0.508 e. The van der Waals surface area contributed by atoms with Gasteiger partial charge in [-0.1, -0.05) is 35.4 Å². The molecule has 3 aromatic rings. The van der Waals surface area contributed by atoms with Crippen molar-refractivity contribution in [2.75, 3.05) is 0 Å². The lowest BCUT2D eigenvalue weighted by molar-refractivity contribution is 0.472. The van der Waals surface area contributed by atoms with E-state index in [0.29, 0.717) is 34.3 Å². The molecule has 0 fully saturated rings. The van der Waals surface area contributed by atoms with Gasteiger partial charge in [-0.2, -0.15) is 0 Å². The highest BCUT2D eigenvalue weighted by Gasteiger charge is 2.17. The average molecular weight is 390 g/mol. The number of allylic oxidation sites excluding steroid dienone is 4. The molecule has 150 valence electrons. The second-order valence-electron chi connectivity index (χ2n) is 7.36. The number of phenolic OH excluding ortho intramolecular Hbond substituents is 2. The lowest BCUT2D eigenvalue weighted by Crippen LogP contribution is -2.09. The molecular weight excluding hydrogens is 364 g/mol. The van der Waals surface area contributed by atoms with Crippen LogP contribution in [0.25, 0.3) is 22.1 Å². The maximum atomic E-state index is 13.2. The molecule has 0 aliphatic rings. The number of hydrogen-bond donors (Lipinski definition) is 2. The van der Waals surface area contributed by atoms with Crippen LogP contribution in [0.5, 0.6) is 11.5 Å².